The fraction of sp³-hybridized carbons (Fsp3) is 0.0909. The second-order valence-corrected chi connectivity index (χ2v) is 16.7. The van der Waals surface area contributed by atoms with Gasteiger partial charge < -0.3 is 18.9 Å². The maximum absolute atomic E-state index is 2.62. The number of rotatable bonds is 6. The lowest BCUT2D eigenvalue weighted by molar-refractivity contribution is 1.02. The number of nitrogens with zero attached hydrogens (tertiary/aromatic N) is 4. The van der Waals surface area contributed by atoms with Crippen LogP contribution in [0.1, 0.15) is 28.1 Å². The first kappa shape index (κ1) is 34.8. The van der Waals surface area contributed by atoms with Crippen LogP contribution in [0.5, 0.6) is 0 Å². The number of para-hydroxylation sites is 4. The molecule has 0 N–H and O–H groups in total. The van der Waals surface area contributed by atoms with Gasteiger partial charge in [0, 0.05) is 56.0 Å². The molecule has 0 saturated carbocycles. The zero-order valence-electron chi connectivity index (χ0n) is 34.5. The van der Waals surface area contributed by atoms with Gasteiger partial charge >= 0.3 is 0 Å². The second kappa shape index (κ2) is 12.9. The quantitative estimate of drug-likeness (QED) is 0.157. The zero-order chi connectivity index (χ0) is 40.4. The highest BCUT2D eigenvalue weighted by molar-refractivity contribution is 7.00. The molecule has 2 aliphatic heterocycles. The first-order valence-electron chi connectivity index (χ1n) is 21.1. The smallest absolute Gasteiger partial charge is 0.252 e. The summed E-state index contributed by atoms with van der Waals surface area (Å²) in [5.41, 5.74) is 22.7. The number of hydrogen-bond donors (Lipinski definition) is 0. The van der Waals surface area contributed by atoms with Gasteiger partial charge in [0.2, 0.25) is 0 Å². The van der Waals surface area contributed by atoms with E-state index in [0.717, 1.165) is 22.7 Å². The molecule has 0 fully saturated rings. The average molecular weight is 771 g/mol. The maximum Gasteiger partial charge on any atom is 0.252 e. The first-order valence-corrected chi connectivity index (χ1v) is 21.1. The standard InChI is InChI=1S/C55H43BN4/c1-34-26-27-44-39(32-34)33-49-52-53(44)58-38(5)36(3)51-48(60(42-22-14-8-15-23-42)43-24-16-9-17-25-43)31-29-46(55(51)58)56(52)45-28-30-47(50-35(2)37(4)57(49)54(45)50)59(40-18-10-6-11-19-40)41-20-12-7-13-21-41/h6-33H,1-5H3. The van der Waals surface area contributed by atoms with Crippen LogP contribution < -0.4 is 26.2 Å². The SMILES string of the molecule is Cc1ccc2c3c4c(cc2c1)-n1c(C)c(C)c2c(N(c5ccccc5)c5ccccc5)ccc(c21)B4c1ccc(N(c2ccccc2)c2ccccc2)c2c(C)c(C)n-3c12. The molecule has 0 bridgehead atoms. The number of aromatic nitrogens is 2. The topological polar surface area (TPSA) is 16.3 Å². The van der Waals surface area contributed by atoms with Crippen LogP contribution >= 0.6 is 0 Å². The lowest BCUT2D eigenvalue weighted by Gasteiger charge is -2.36. The van der Waals surface area contributed by atoms with Crippen molar-refractivity contribution < 1.29 is 0 Å². The largest absolute Gasteiger partial charge is 0.314 e. The summed E-state index contributed by atoms with van der Waals surface area (Å²) in [4.78, 5) is 4.88. The van der Waals surface area contributed by atoms with Gasteiger partial charge in [0.05, 0.1) is 28.1 Å². The molecule has 286 valence electrons. The number of fused-ring (bicyclic) bond motifs is 6. The molecule has 0 unspecified atom stereocenters. The number of benzene rings is 8. The molecule has 2 aromatic heterocycles. The molecule has 0 radical (unpaired) electrons. The molecule has 0 spiro atoms. The van der Waals surface area contributed by atoms with Gasteiger partial charge in [0.15, 0.2) is 0 Å². The molecule has 5 heteroatoms. The Morgan fingerprint density at radius 3 is 1.33 bits per heavy atom. The number of anilines is 6. The van der Waals surface area contributed by atoms with E-state index >= 15 is 0 Å². The van der Waals surface area contributed by atoms with E-state index in [2.05, 4.69) is 223 Å². The lowest BCUT2D eigenvalue weighted by Crippen LogP contribution is -2.59. The van der Waals surface area contributed by atoms with E-state index in [0.29, 0.717) is 0 Å². The molecule has 2 aliphatic rings. The van der Waals surface area contributed by atoms with Gasteiger partial charge in [-0.25, -0.2) is 0 Å². The third-order valence-electron chi connectivity index (χ3n) is 13.5. The number of aryl methyl sites for hydroxylation is 3. The van der Waals surface area contributed by atoms with Crippen LogP contribution in [0, 0.1) is 34.6 Å². The van der Waals surface area contributed by atoms with Crippen molar-refractivity contribution in [1.29, 1.82) is 0 Å². The minimum absolute atomic E-state index is 0.0278. The molecule has 0 saturated heterocycles. The summed E-state index contributed by atoms with van der Waals surface area (Å²) in [7, 11) is 0. The normalized spacial score (nSPS) is 12.4. The maximum atomic E-state index is 2.62. The van der Waals surface area contributed by atoms with Gasteiger partial charge in [-0.1, -0.05) is 109 Å². The number of hydrogen-bond acceptors (Lipinski definition) is 2. The van der Waals surface area contributed by atoms with Gasteiger partial charge in [0.25, 0.3) is 6.71 Å². The molecular weight excluding hydrogens is 727 g/mol. The molecule has 4 heterocycles. The van der Waals surface area contributed by atoms with Gasteiger partial charge in [-0.3, -0.25) is 0 Å². The molecule has 4 nitrogen and oxygen atoms in total. The van der Waals surface area contributed by atoms with Crippen molar-refractivity contribution >= 4 is 89.8 Å². The third-order valence-corrected chi connectivity index (χ3v) is 13.5. The van der Waals surface area contributed by atoms with Crippen molar-refractivity contribution in [3.63, 3.8) is 0 Å². The fourth-order valence-electron chi connectivity index (χ4n) is 10.7. The van der Waals surface area contributed by atoms with E-state index in [1.165, 1.54) is 99.8 Å². The molecule has 0 aliphatic carbocycles. The summed E-state index contributed by atoms with van der Waals surface area (Å²) >= 11 is 0. The van der Waals surface area contributed by atoms with Crippen LogP contribution in [-0.2, 0) is 0 Å². The average Bonchev–Trinajstić information content (AvgIpc) is 3.71. The second-order valence-electron chi connectivity index (χ2n) is 16.7. The van der Waals surface area contributed by atoms with E-state index in [4.69, 9.17) is 0 Å². The predicted octanol–water partition coefficient (Wildman–Crippen LogP) is 12.4. The van der Waals surface area contributed by atoms with E-state index in [-0.39, 0.29) is 6.71 Å². The van der Waals surface area contributed by atoms with Crippen molar-refractivity contribution in [1.82, 2.24) is 9.13 Å². The Labute approximate surface area is 351 Å². The Balaban J connectivity index is 1.21. The van der Waals surface area contributed by atoms with Crippen LogP contribution in [0.4, 0.5) is 34.1 Å². The Morgan fingerprint density at radius 1 is 0.433 bits per heavy atom. The highest BCUT2D eigenvalue weighted by atomic mass is 15.2. The molecule has 0 amide bonds. The molecule has 60 heavy (non-hydrogen) atoms. The Bertz CT molecular complexity index is 3290. The molecule has 0 atom stereocenters. The van der Waals surface area contributed by atoms with Crippen LogP contribution in [0.3, 0.4) is 0 Å². The summed E-state index contributed by atoms with van der Waals surface area (Å²) in [6.45, 7) is 11.5. The zero-order valence-corrected chi connectivity index (χ0v) is 34.5. The fourth-order valence-corrected chi connectivity index (χ4v) is 10.7. The van der Waals surface area contributed by atoms with Gasteiger partial charge in [-0.2, -0.15) is 0 Å². The molecule has 10 aromatic rings. The van der Waals surface area contributed by atoms with Gasteiger partial charge in [0.1, 0.15) is 0 Å². The van der Waals surface area contributed by atoms with E-state index in [9.17, 15) is 0 Å². The van der Waals surface area contributed by atoms with Crippen molar-refractivity contribution in [3.8, 4) is 11.4 Å². The monoisotopic (exact) mass is 770 g/mol. The minimum atomic E-state index is 0.0278. The van der Waals surface area contributed by atoms with Gasteiger partial charge in [-0.05, 0) is 134 Å². The van der Waals surface area contributed by atoms with E-state index in [1.54, 1.807) is 0 Å². The van der Waals surface area contributed by atoms with Crippen LogP contribution in [-0.4, -0.2) is 15.8 Å². The molecule has 8 aromatic carbocycles. The highest BCUT2D eigenvalue weighted by Crippen LogP contribution is 2.47. The Kier molecular flexibility index (Phi) is 7.47. The molecular formula is C55H43BN4. The minimum Gasteiger partial charge on any atom is -0.314 e. The van der Waals surface area contributed by atoms with E-state index in [1.807, 2.05) is 0 Å². The van der Waals surface area contributed by atoms with Crippen LogP contribution in [0.2, 0.25) is 0 Å². The molecule has 12 rings (SSSR count). The van der Waals surface area contributed by atoms with Crippen molar-refractivity contribution in [2.75, 3.05) is 9.80 Å². The third kappa shape index (κ3) is 4.69. The predicted molar refractivity (Wildman–Crippen MR) is 255 cm³/mol. The van der Waals surface area contributed by atoms with Crippen molar-refractivity contribution in [2.45, 2.75) is 34.6 Å². The van der Waals surface area contributed by atoms with Crippen LogP contribution in [0.25, 0.3) is 44.0 Å². The lowest BCUT2D eigenvalue weighted by atomic mass is 9.34. The van der Waals surface area contributed by atoms with Crippen molar-refractivity contribution in [2.24, 2.45) is 0 Å². The van der Waals surface area contributed by atoms with E-state index < -0.39 is 0 Å². The summed E-state index contributed by atoms with van der Waals surface area (Å²) < 4.78 is 5.23. The first-order chi connectivity index (χ1) is 29.4. The highest BCUT2D eigenvalue weighted by Gasteiger charge is 2.43. The Morgan fingerprint density at radius 2 is 0.867 bits per heavy atom. The summed E-state index contributed by atoms with van der Waals surface area (Å²) in [5.74, 6) is 0. The summed E-state index contributed by atoms with van der Waals surface area (Å²) in [6.07, 6.45) is 0. The Hall–Kier alpha value is -7.24. The van der Waals surface area contributed by atoms with Gasteiger partial charge in [-0.15, -0.1) is 0 Å². The van der Waals surface area contributed by atoms with Crippen LogP contribution in [0.15, 0.2) is 170 Å². The van der Waals surface area contributed by atoms with Crippen molar-refractivity contribution in [3.05, 3.63) is 198 Å². The summed E-state index contributed by atoms with van der Waals surface area (Å²) in [6, 6.07) is 62.5. The summed E-state index contributed by atoms with van der Waals surface area (Å²) in [5, 5.41) is 5.16.